The monoisotopic (exact) mass is 592 g/mol. The first-order valence-corrected chi connectivity index (χ1v) is 15.0. The number of nitrogens with zero attached hydrogens (tertiary/aromatic N) is 2. The zero-order chi connectivity index (χ0) is 30.1. The number of aliphatic hydroxyl groups is 1. The van der Waals surface area contributed by atoms with Gasteiger partial charge in [0.1, 0.15) is 0 Å². The van der Waals surface area contributed by atoms with Crippen LogP contribution in [0.25, 0.3) is 11.1 Å². The molecule has 2 aromatic carbocycles. The average Bonchev–Trinajstić information content (AvgIpc) is 3.03. The predicted molar refractivity (Wildman–Crippen MR) is 165 cm³/mol. The molecule has 3 aromatic rings. The molecule has 0 radical (unpaired) electrons. The Hall–Kier alpha value is -3.46. The van der Waals surface area contributed by atoms with Crippen molar-refractivity contribution in [2.45, 2.75) is 51.2 Å². The number of halogens is 1. The third-order valence-corrected chi connectivity index (χ3v) is 8.43. The van der Waals surface area contributed by atoms with Crippen LogP contribution in [0.2, 0.25) is 5.02 Å². The lowest BCUT2D eigenvalue weighted by Crippen LogP contribution is -2.48. The summed E-state index contributed by atoms with van der Waals surface area (Å²) in [7, 11) is 3.21. The van der Waals surface area contributed by atoms with E-state index in [1.165, 1.54) is 7.11 Å². The predicted octanol–water partition coefficient (Wildman–Crippen LogP) is 5.56. The van der Waals surface area contributed by atoms with Crippen molar-refractivity contribution in [3.63, 3.8) is 0 Å². The highest BCUT2D eigenvalue weighted by Gasteiger charge is 2.43. The van der Waals surface area contributed by atoms with Crippen LogP contribution in [0, 0.1) is 5.92 Å². The highest BCUT2D eigenvalue weighted by Crippen LogP contribution is 2.45. The van der Waals surface area contributed by atoms with Crippen molar-refractivity contribution in [3.05, 3.63) is 88.2 Å². The van der Waals surface area contributed by atoms with E-state index in [9.17, 15) is 14.7 Å². The number of alkyl carbamates (subject to hydrolysis) is 1. The quantitative estimate of drug-likeness (QED) is 0.252. The lowest BCUT2D eigenvalue weighted by Gasteiger charge is -2.43. The van der Waals surface area contributed by atoms with E-state index in [0.29, 0.717) is 48.6 Å². The number of carbonyl (C=O) groups excluding carboxylic acids is 2. The van der Waals surface area contributed by atoms with Gasteiger partial charge in [0, 0.05) is 61.2 Å². The molecule has 2 amide bonds. The number of carbonyl (C=O) groups is 2. The van der Waals surface area contributed by atoms with Gasteiger partial charge in [0.15, 0.2) is 0 Å². The van der Waals surface area contributed by atoms with Crippen LogP contribution in [0.15, 0.2) is 60.9 Å². The topological polar surface area (TPSA) is 104 Å². The van der Waals surface area contributed by atoms with E-state index >= 15 is 0 Å². The minimum atomic E-state index is -1.36. The molecule has 224 valence electrons. The minimum Gasteiger partial charge on any atom is -0.453 e. The molecule has 0 bridgehead atoms. The number of hydrogen-bond donors (Lipinski definition) is 3. The molecule has 1 aromatic heterocycles. The zero-order valence-electron chi connectivity index (χ0n) is 24.7. The smallest absolute Gasteiger partial charge is 0.406 e. The summed E-state index contributed by atoms with van der Waals surface area (Å²) in [6, 6.07) is 15.8. The maximum absolute atomic E-state index is 13.6. The maximum Gasteiger partial charge on any atom is 0.406 e. The van der Waals surface area contributed by atoms with Crippen LogP contribution in [0.4, 0.5) is 4.79 Å². The van der Waals surface area contributed by atoms with Crippen molar-refractivity contribution < 1.29 is 19.4 Å². The van der Waals surface area contributed by atoms with E-state index in [0.717, 1.165) is 48.1 Å². The molecular weight excluding hydrogens is 552 g/mol. The summed E-state index contributed by atoms with van der Waals surface area (Å²) in [6.45, 7) is 4.17. The van der Waals surface area contributed by atoms with Gasteiger partial charge in [-0.3, -0.25) is 9.78 Å². The SMILES string of the molecule is CCc1cccc(-c2c(Cl)cncc2C(O)(CCCNC(=O)OC)[C@@H]2CCCN(C(=O)c3ccc(CNC)cc3)C2)c1. The van der Waals surface area contributed by atoms with Gasteiger partial charge in [0.25, 0.3) is 5.91 Å². The number of ether oxygens (including phenoxy) is 1. The molecule has 4 rings (SSSR count). The Morgan fingerprint density at radius 1 is 1.17 bits per heavy atom. The van der Waals surface area contributed by atoms with E-state index in [-0.39, 0.29) is 11.8 Å². The second kappa shape index (κ2) is 14.6. The van der Waals surface area contributed by atoms with Crippen LogP contribution in [0.3, 0.4) is 0 Å². The Kier molecular flexibility index (Phi) is 11.0. The Labute approximate surface area is 253 Å². The number of pyridine rings is 1. The maximum atomic E-state index is 13.6. The van der Waals surface area contributed by atoms with Gasteiger partial charge >= 0.3 is 6.09 Å². The zero-order valence-corrected chi connectivity index (χ0v) is 25.4. The fourth-order valence-corrected chi connectivity index (χ4v) is 6.15. The van der Waals surface area contributed by atoms with Gasteiger partial charge in [-0.25, -0.2) is 4.79 Å². The fourth-order valence-electron chi connectivity index (χ4n) is 5.89. The molecule has 2 heterocycles. The number of hydrogen-bond acceptors (Lipinski definition) is 6. The lowest BCUT2D eigenvalue weighted by molar-refractivity contribution is -0.0565. The van der Waals surface area contributed by atoms with Crippen LogP contribution in [0.5, 0.6) is 0 Å². The van der Waals surface area contributed by atoms with E-state index in [4.69, 9.17) is 16.3 Å². The Bertz CT molecular complexity index is 1370. The van der Waals surface area contributed by atoms with Gasteiger partial charge in [-0.1, -0.05) is 54.9 Å². The molecule has 1 saturated heterocycles. The number of methoxy groups -OCH3 is 1. The van der Waals surface area contributed by atoms with Crippen molar-refractivity contribution in [3.8, 4) is 11.1 Å². The molecule has 0 spiro atoms. The van der Waals surface area contributed by atoms with Crippen LogP contribution in [0.1, 0.15) is 59.7 Å². The summed E-state index contributed by atoms with van der Waals surface area (Å²) in [4.78, 5) is 31.5. The molecule has 0 saturated carbocycles. The first-order chi connectivity index (χ1) is 20.3. The van der Waals surface area contributed by atoms with Gasteiger partial charge in [-0.15, -0.1) is 0 Å². The van der Waals surface area contributed by atoms with Gasteiger partial charge < -0.3 is 25.4 Å². The number of benzene rings is 2. The standard InChI is InChI=1S/C33H41ClN4O4/c1-4-23-8-5-9-26(18-23)30-28(20-36-21-29(30)34)33(41,15-7-16-37-32(40)42-3)27-10-6-17-38(22-27)31(39)25-13-11-24(12-14-25)19-35-2/h5,8-9,11-14,18,20-21,27,35,41H,4,6-7,10,15-17,19,22H2,1-3H3,(H,37,40)/t27-,33?/m1/s1. The third kappa shape index (κ3) is 7.30. The summed E-state index contributed by atoms with van der Waals surface area (Å²) in [5.41, 5.74) is 3.83. The summed E-state index contributed by atoms with van der Waals surface area (Å²) >= 11 is 6.80. The second-order valence-corrected chi connectivity index (χ2v) is 11.3. The number of aromatic nitrogens is 1. The molecule has 0 aliphatic carbocycles. The number of nitrogens with one attached hydrogen (secondary N) is 2. The van der Waals surface area contributed by atoms with Gasteiger partial charge in [-0.05, 0) is 68.0 Å². The molecule has 3 N–H and O–H groups in total. The van der Waals surface area contributed by atoms with Crippen molar-refractivity contribution in [2.75, 3.05) is 33.8 Å². The first-order valence-electron chi connectivity index (χ1n) is 14.6. The van der Waals surface area contributed by atoms with E-state index in [1.807, 2.05) is 48.3 Å². The molecular formula is C33H41ClN4O4. The highest BCUT2D eigenvalue weighted by atomic mass is 35.5. The van der Waals surface area contributed by atoms with Gasteiger partial charge in [-0.2, -0.15) is 0 Å². The van der Waals surface area contributed by atoms with Crippen LogP contribution < -0.4 is 10.6 Å². The normalized spacial score (nSPS) is 16.5. The Balaban J connectivity index is 1.69. The lowest BCUT2D eigenvalue weighted by atomic mass is 9.72. The van der Waals surface area contributed by atoms with Gasteiger partial charge in [0.05, 0.1) is 17.7 Å². The van der Waals surface area contributed by atoms with E-state index in [2.05, 4.69) is 34.7 Å². The minimum absolute atomic E-state index is 0.0505. The largest absolute Gasteiger partial charge is 0.453 e. The van der Waals surface area contributed by atoms with Crippen LogP contribution in [-0.2, 0) is 23.3 Å². The Morgan fingerprint density at radius 3 is 2.67 bits per heavy atom. The number of piperidine rings is 1. The summed E-state index contributed by atoms with van der Waals surface area (Å²) in [6.07, 6.45) is 5.97. The van der Waals surface area contributed by atoms with Crippen molar-refractivity contribution in [1.29, 1.82) is 0 Å². The summed E-state index contributed by atoms with van der Waals surface area (Å²) in [5, 5.41) is 19.0. The third-order valence-electron chi connectivity index (χ3n) is 8.15. The number of amides is 2. The van der Waals surface area contributed by atoms with Crippen molar-refractivity contribution in [2.24, 2.45) is 5.92 Å². The summed E-state index contributed by atoms with van der Waals surface area (Å²) in [5.74, 6) is -0.323. The highest BCUT2D eigenvalue weighted by molar-refractivity contribution is 6.33. The molecule has 1 aliphatic rings. The first kappa shape index (κ1) is 31.5. The summed E-state index contributed by atoms with van der Waals surface area (Å²) < 4.78 is 4.71. The molecule has 1 fully saturated rings. The molecule has 8 nitrogen and oxygen atoms in total. The number of aryl methyl sites for hydroxylation is 1. The molecule has 9 heteroatoms. The number of rotatable bonds is 11. The Morgan fingerprint density at radius 2 is 1.95 bits per heavy atom. The second-order valence-electron chi connectivity index (χ2n) is 10.9. The van der Waals surface area contributed by atoms with Gasteiger partial charge in [0.2, 0.25) is 0 Å². The van der Waals surface area contributed by atoms with Crippen molar-refractivity contribution >= 4 is 23.6 Å². The van der Waals surface area contributed by atoms with E-state index < -0.39 is 11.7 Å². The van der Waals surface area contributed by atoms with Crippen LogP contribution >= 0.6 is 11.6 Å². The molecule has 42 heavy (non-hydrogen) atoms. The molecule has 1 unspecified atom stereocenters. The number of likely N-dealkylation sites (tertiary alicyclic amines) is 1. The fraction of sp³-hybridized carbons (Fsp3) is 0.424. The molecule has 1 aliphatic heterocycles. The molecule has 2 atom stereocenters. The van der Waals surface area contributed by atoms with Crippen LogP contribution in [-0.4, -0.2) is 60.8 Å². The average molecular weight is 593 g/mol. The van der Waals surface area contributed by atoms with Crippen molar-refractivity contribution in [1.82, 2.24) is 20.5 Å². The van der Waals surface area contributed by atoms with E-state index in [1.54, 1.807) is 12.4 Å².